The SMILES string of the molecule is C[C@@H](CO)NC(=O)[C@H]1C2CN(Cc3ccc([C@H]4COc5cccnc5O4)cc3)C[C@@H]21. The van der Waals surface area contributed by atoms with Crippen LogP contribution in [0.4, 0.5) is 0 Å². The van der Waals surface area contributed by atoms with Crippen molar-refractivity contribution in [3.05, 3.63) is 53.7 Å². The molecule has 1 aliphatic carbocycles. The van der Waals surface area contributed by atoms with E-state index in [1.54, 1.807) is 6.20 Å². The molecule has 0 bridgehead atoms. The third-order valence-corrected chi connectivity index (χ3v) is 6.37. The highest BCUT2D eigenvalue weighted by Gasteiger charge is 2.59. The maximum absolute atomic E-state index is 12.3. The Bertz CT molecular complexity index is 907. The second-order valence-electron chi connectivity index (χ2n) is 8.61. The Morgan fingerprint density at radius 2 is 2.03 bits per heavy atom. The van der Waals surface area contributed by atoms with E-state index in [9.17, 15) is 4.79 Å². The van der Waals surface area contributed by atoms with E-state index in [0.717, 1.165) is 25.2 Å². The molecule has 2 aliphatic heterocycles. The summed E-state index contributed by atoms with van der Waals surface area (Å²) in [6.07, 6.45) is 1.55. The van der Waals surface area contributed by atoms with Crippen LogP contribution in [0.5, 0.6) is 11.6 Å². The van der Waals surface area contributed by atoms with Crippen LogP contribution >= 0.6 is 0 Å². The molecule has 1 aromatic carbocycles. The molecule has 7 nitrogen and oxygen atoms in total. The van der Waals surface area contributed by atoms with Crippen LogP contribution < -0.4 is 14.8 Å². The van der Waals surface area contributed by atoms with Gasteiger partial charge in [-0.05, 0) is 42.0 Å². The Balaban J connectivity index is 1.13. The van der Waals surface area contributed by atoms with Crippen LogP contribution in [-0.4, -0.2) is 53.2 Å². The summed E-state index contributed by atoms with van der Waals surface area (Å²) in [7, 11) is 0. The van der Waals surface area contributed by atoms with Crippen molar-refractivity contribution >= 4 is 5.91 Å². The number of aromatic nitrogens is 1. The highest BCUT2D eigenvalue weighted by Crippen LogP contribution is 2.52. The van der Waals surface area contributed by atoms with Gasteiger partial charge in [-0.3, -0.25) is 9.69 Å². The lowest BCUT2D eigenvalue weighted by atomic mass is 10.1. The van der Waals surface area contributed by atoms with E-state index in [0.29, 0.717) is 30.1 Å². The first kappa shape index (κ1) is 19.3. The zero-order valence-electron chi connectivity index (χ0n) is 17.0. The van der Waals surface area contributed by atoms with E-state index < -0.39 is 0 Å². The van der Waals surface area contributed by atoms with Crippen LogP contribution in [0.1, 0.15) is 24.2 Å². The lowest BCUT2D eigenvalue weighted by molar-refractivity contribution is -0.124. The number of hydrogen-bond acceptors (Lipinski definition) is 6. The molecular weight excluding hydrogens is 382 g/mol. The Hall–Kier alpha value is -2.64. The minimum atomic E-state index is -0.170. The van der Waals surface area contributed by atoms with E-state index in [1.165, 1.54) is 5.56 Å². The number of carbonyl (C=O) groups excluding carboxylic acids is 1. The minimum absolute atomic E-state index is 0.0169. The van der Waals surface area contributed by atoms with E-state index in [2.05, 4.69) is 39.5 Å². The second-order valence-corrected chi connectivity index (χ2v) is 8.61. The monoisotopic (exact) mass is 409 g/mol. The molecule has 3 heterocycles. The molecule has 7 heteroatoms. The number of likely N-dealkylation sites (tertiary alicyclic amines) is 1. The summed E-state index contributed by atoms with van der Waals surface area (Å²) in [4.78, 5) is 18.9. The molecule has 2 fully saturated rings. The number of fused-ring (bicyclic) bond motifs is 2. The van der Waals surface area contributed by atoms with Crippen molar-refractivity contribution in [2.75, 3.05) is 26.3 Å². The van der Waals surface area contributed by atoms with Crippen molar-refractivity contribution in [1.82, 2.24) is 15.2 Å². The summed E-state index contributed by atoms with van der Waals surface area (Å²) in [5.41, 5.74) is 2.33. The predicted octanol–water partition coefficient (Wildman–Crippen LogP) is 1.77. The first-order valence-electron chi connectivity index (χ1n) is 10.6. The average Bonchev–Trinajstić information content (AvgIpc) is 3.29. The van der Waals surface area contributed by atoms with Gasteiger partial charge in [0.05, 0.1) is 6.61 Å². The number of aliphatic hydroxyl groups is 1. The zero-order valence-corrected chi connectivity index (χ0v) is 17.0. The molecule has 1 aromatic heterocycles. The van der Waals surface area contributed by atoms with E-state index >= 15 is 0 Å². The average molecular weight is 409 g/mol. The van der Waals surface area contributed by atoms with Crippen molar-refractivity contribution in [2.24, 2.45) is 17.8 Å². The standard InChI is InChI=1S/C23H27N3O4/c1-14(12-27)25-22(28)21-17-10-26(11-18(17)21)9-15-4-6-16(7-5-15)20-13-29-19-3-2-8-24-23(19)30-20/h2-8,14,17-18,20-21,27H,9-13H2,1H3,(H,25,28)/t14-,17-,18?,20+,21+/m0/s1. The molecule has 3 aliphatic rings. The van der Waals surface area contributed by atoms with Crippen LogP contribution in [0.2, 0.25) is 0 Å². The minimum Gasteiger partial charge on any atom is -0.484 e. The highest BCUT2D eigenvalue weighted by molar-refractivity contribution is 5.82. The van der Waals surface area contributed by atoms with Gasteiger partial charge in [-0.15, -0.1) is 0 Å². The molecule has 30 heavy (non-hydrogen) atoms. The summed E-state index contributed by atoms with van der Waals surface area (Å²) in [5.74, 6) is 2.36. The van der Waals surface area contributed by atoms with Crippen molar-refractivity contribution in [3.63, 3.8) is 0 Å². The first-order chi connectivity index (χ1) is 14.6. The van der Waals surface area contributed by atoms with E-state index in [1.807, 2.05) is 19.1 Å². The molecule has 0 spiro atoms. The Morgan fingerprint density at radius 1 is 1.27 bits per heavy atom. The number of pyridine rings is 1. The maximum atomic E-state index is 12.3. The van der Waals surface area contributed by atoms with Crippen molar-refractivity contribution in [3.8, 4) is 11.6 Å². The van der Waals surface area contributed by atoms with Gasteiger partial charge >= 0.3 is 0 Å². The van der Waals surface area contributed by atoms with Gasteiger partial charge in [-0.2, -0.15) is 0 Å². The van der Waals surface area contributed by atoms with Crippen molar-refractivity contribution < 1.29 is 19.4 Å². The maximum Gasteiger partial charge on any atom is 0.257 e. The molecular formula is C23H27N3O4. The fourth-order valence-electron chi connectivity index (χ4n) is 4.69. The molecule has 2 N–H and O–H groups in total. The molecule has 5 rings (SSSR count). The van der Waals surface area contributed by atoms with Crippen LogP contribution in [0.25, 0.3) is 0 Å². The number of amides is 1. The van der Waals surface area contributed by atoms with Gasteiger partial charge in [0.2, 0.25) is 5.91 Å². The third kappa shape index (κ3) is 3.75. The summed E-state index contributed by atoms with van der Waals surface area (Å²) < 4.78 is 11.7. The molecule has 5 atom stereocenters. The molecule has 1 amide bonds. The number of rotatable bonds is 6. The van der Waals surface area contributed by atoms with Gasteiger partial charge in [0.1, 0.15) is 6.61 Å². The Morgan fingerprint density at radius 3 is 2.77 bits per heavy atom. The first-order valence-corrected chi connectivity index (χ1v) is 10.6. The predicted molar refractivity (Wildman–Crippen MR) is 110 cm³/mol. The lowest BCUT2D eigenvalue weighted by Crippen LogP contribution is -2.38. The van der Waals surface area contributed by atoms with Crippen molar-refractivity contribution in [1.29, 1.82) is 0 Å². The Kier molecular flexibility index (Phi) is 5.08. The number of nitrogens with one attached hydrogen (secondary N) is 1. The number of hydrogen-bond donors (Lipinski definition) is 2. The number of aliphatic hydroxyl groups excluding tert-OH is 1. The summed E-state index contributed by atoms with van der Waals surface area (Å²) in [6.45, 7) is 5.09. The molecule has 1 saturated heterocycles. The largest absolute Gasteiger partial charge is 0.484 e. The summed E-state index contributed by atoms with van der Waals surface area (Å²) in [5, 5.41) is 12.0. The van der Waals surface area contributed by atoms with Gasteiger partial charge in [0.15, 0.2) is 11.9 Å². The molecule has 1 unspecified atom stereocenters. The van der Waals surface area contributed by atoms with Gasteiger partial charge < -0.3 is 19.9 Å². The van der Waals surface area contributed by atoms with Crippen LogP contribution in [-0.2, 0) is 11.3 Å². The van der Waals surface area contributed by atoms with E-state index in [4.69, 9.17) is 14.6 Å². The normalized spacial score (nSPS) is 27.9. The third-order valence-electron chi connectivity index (χ3n) is 6.37. The summed E-state index contributed by atoms with van der Waals surface area (Å²) in [6, 6.07) is 12.0. The fourth-order valence-corrected chi connectivity index (χ4v) is 4.69. The van der Waals surface area contributed by atoms with E-state index in [-0.39, 0.29) is 30.6 Å². The quantitative estimate of drug-likeness (QED) is 0.757. The second kappa shape index (κ2) is 7.89. The zero-order chi connectivity index (χ0) is 20.7. The van der Waals surface area contributed by atoms with Gasteiger partial charge in [0, 0.05) is 37.8 Å². The van der Waals surface area contributed by atoms with Gasteiger partial charge in [-0.25, -0.2) is 4.98 Å². The number of nitrogens with zero attached hydrogens (tertiary/aromatic N) is 2. The number of carbonyl (C=O) groups is 1. The van der Waals surface area contributed by atoms with Crippen molar-refractivity contribution in [2.45, 2.75) is 25.6 Å². The van der Waals surface area contributed by atoms with Crippen LogP contribution in [0.15, 0.2) is 42.6 Å². The number of piperidine rings is 1. The van der Waals surface area contributed by atoms with Crippen LogP contribution in [0.3, 0.4) is 0 Å². The van der Waals surface area contributed by atoms with Crippen LogP contribution in [0, 0.1) is 17.8 Å². The van der Waals surface area contributed by atoms with Gasteiger partial charge in [0.25, 0.3) is 5.88 Å². The smallest absolute Gasteiger partial charge is 0.257 e. The Labute approximate surface area is 176 Å². The summed E-state index contributed by atoms with van der Waals surface area (Å²) >= 11 is 0. The molecule has 1 saturated carbocycles. The number of ether oxygens (including phenoxy) is 2. The lowest BCUT2D eigenvalue weighted by Gasteiger charge is -2.26. The highest BCUT2D eigenvalue weighted by atomic mass is 16.6. The molecule has 0 radical (unpaired) electrons. The fraction of sp³-hybridized carbons (Fsp3) is 0.478. The molecule has 158 valence electrons. The topological polar surface area (TPSA) is 83.9 Å². The van der Waals surface area contributed by atoms with Gasteiger partial charge in [-0.1, -0.05) is 24.3 Å². The number of benzene rings is 1. The molecule has 2 aromatic rings.